The van der Waals surface area contributed by atoms with Gasteiger partial charge in [0.1, 0.15) is 5.65 Å². The number of likely N-dealkylation sites (tertiary alicyclic amines) is 1. The van der Waals surface area contributed by atoms with Crippen molar-refractivity contribution in [1.82, 2.24) is 14.9 Å². The van der Waals surface area contributed by atoms with Crippen LogP contribution in [0.25, 0.3) is 11.0 Å². The highest BCUT2D eigenvalue weighted by Crippen LogP contribution is 2.23. The van der Waals surface area contributed by atoms with Crippen LogP contribution in [0.2, 0.25) is 0 Å². The first-order valence-electron chi connectivity index (χ1n) is 6.23. The van der Waals surface area contributed by atoms with Crippen LogP contribution < -0.4 is 5.73 Å². The molecule has 3 rings (SSSR count). The minimum absolute atomic E-state index is 0.552. The van der Waals surface area contributed by atoms with E-state index in [9.17, 15) is 0 Å². The SMILES string of the molecule is NCC1CCCN1Cc1c[nH]c2ncccc12. The molecule has 1 fully saturated rings. The van der Waals surface area contributed by atoms with Gasteiger partial charge >= 0.3 is 0 Å². The summed E-state index contributed by atoms with van der Waals surface area (Å²) in [7, 11) is 0. The van der Waals surface area contributed by atoms with Crippen LogP contribution >= 0.6 is 0 Å². The smallest absolute Gasteiger partial charge is 0.137 e. The number of pyridine rings is 1. The summed E-state index contributed by atoms with van der Waals surface area (Å²) in [6, 6.07) is 4.67. The van der Waals surface area contributed by atoms with Crippen molar-refractivity contribution in [1.29, 1.82) is 0 Å². The highest BCUT2D eigenvalue weighted by Gasteiger charge is 2.23. The number of hydrogen-bond donors (Lipinski definition) is 2. The summed E-state index contributed by atoms with van der Waals surface area (Å²) in [6.45, 7) is 2.91. The Hall–Kier alpha value is -1.39. The van der Waals surface area contributed by atoms with E-state index >= 15 is 0 Å². The van der Waals surface area contributed by atoms with Gasteiger partial charge in [-0.25, -0.2) is 4.98 Å². The molecule has 0 radical (unpaired) electrons. The molecule has 4 nitrogen and oxygen atoms in total. The summed E-state index contributed by atoms with van der Waals surface area (Å²) in [5.41, 5.74) is 8.11. The van der Waals surface area contributed by atoms with Crippen LogP contribution in [0.3, 0.4) is 0 Å². The molecule has 3 N–H and O–H groups in total. The van der Waals surface area contributed by atoms with Crippen LogP contribution in [0.15, 0.2) is 24.5 Å². The van der Waals surface area contributed by atoms with E-state index in [0.717, 1.165) is 25.3 Å². The van der Waals surface area contributed by atoms with Gasteiger partial charge < -0.3 is 10.7 Å². The molecule has 0 aromatic carbocycles. The summed E-state index contributed by atoms with van der Waals surface area (Å²) >= 11 is 0. The van der Waals surface area contributed by atoms with Gasteiger partial charge in [-0.2, -0.15) is 0 Å². The monoisotopic (exact) mass is 230 g/mol. The standard InChI is InChI=1S/C13H18N4/c14-7-11-3-2-6-17(11)9-10-8-16-13-12(10)4-1-5-15-13/h1,4-5,8,11H,2-3,6-7,9,14H2,(H,15,16). The van der Waals surface area contributed by atoms with Gasteiger partial charge in [0.25, 0.3) is 0 Å². The Balaban J connectivity index is 1.85. The van der Waals surface area contributed by atoms with Gasteiger partial charge in [0, 0.05) is 36.9 Å². The van der Waals surface area contributed by atoms with Crippen LogP contribution in [0.5, 0.6) is 0 Å². The molecule has 4 heteroatoms. The summed E-state index contributed by atoms with van der Waals surface area (Å²) < 4.78 is 0. The van der Waals surface area contributed by atoms with E-state index < -0.39 is 0 Å². The Morgan fingerprint density at radius 1 is 1.53 bits per heavy atom. The minimum Gasteiger partial charge on any atom is -0.346 e. The Bertz CT molecular complexity index is 505. The van der Waals surface area contributed by atoms with Crippen LogP contribution in [-0.4, -0.2) is 34.0 Å². The number of nitrogens with one attached hydrogen (secondary N) is 1. The van der Waals surface area contributed by atoms with E-state index in [4.69, 9.17) is 5.73 Å². The van der Waals surface area contributed by atoms with Gasteiger partial charge in [0.05, 0.1) is 0 Å². The van der Waals surface area contributed by atoms with Crippen molar-refractivity contribution in [3.8, 4) is 0 Å². The number of fused-ring (bicyclic) bond motifs is 1. The number of aromatic nitrogens is 2. The number of aromatic amines is 1. The second-order valence-electron chi connectivity index (χ2n) is 4.72. The Kier molecular flexibility index (Phi) is 2.82. The molecule has 17 heavy (non-hydrogen) atoms. The van der Waals surface area contributed by atoms with Gasteiger partial charge in [-0.15, -0.1) is 0 Å². The summed E-state index contributed by atoms with van der Waals surface area (Å²) in [5, 5.41) is 1.23. The summed E-state index contributed by atoms with van der Waals surface area (Å²) in [4.78, 5) is 10.0. The van der Waals surface area contributed by atoms with E-state index in [1.54, 1.807) is 0 Å². The molecule has 1 aliphatic heterocycles. The molecule has 1 unspecified atom stereocenters. The second-order valence-corrected chi connectivity index (χ2v) is 4.72. The molecular formula is C13H18N4. The summed E-state index contributed by atoms with van der Waals surface area (Å²) in [6.07, 6.45) is 6.39. The molecule has 1 aliphatic rings. The lowest BCUT2D eigenvalue weighted by Gasteiger charge is -2.22. The minimum atomic E-state index is 0.552. The quantitative estimate of drug-likeness (QED) is 0.839. The van der Waals surface area contributed by atoms with Gasteiger partial charge in [-0.3, -0.25) is 4.90 Å². The molecule has 0 aliphatic carbocycles. The molecule has 2 aromatic rings. The average Bonchev–Trinajstić information content (AvgIpc) is 2.97. The lowest BCUT2D eigenvalue weighted by molar-refractivity contribution is 0.251. The molecule has 0 amide bonds. The Labute approximate surface area is 101 Å². The second kappa shape index (κ2) is 4.47. The van der Waals surface area contributed by atoms with Crippen LogP contribution in [0, 0.1) is 0 Å². The fourth-order valence-corrected chi connectivity index (χ4v) is 2.73. The molecule has 1 saturated heterocycles. The maximum Gasteiger partial charge on any atom is 0.137 e. The number of rotatable bonds is 3. The third-order valence-corrected chi connectivity index (χ3v) is 3.68. The van der Waals surface area contributed by atoms with Crippen molar-refractivity contribution < 1.29 is 0 Å². The van der Waals surface area contributed by atoms with Crippen molar-refractivity contribution in [2.45, 2.75) is 25.4 Å². The number of H-pyrrole nitrogens is 1. The third kappa shape index (κ3) is 1.94. The molecule has 1 atom stereocenters. The van der Waals surface area contributed by atoms with Crippen LogP contribution in [0.4, 0.5) is 0 Å². The van der Waals surface area contributed by atoms with Crippen molar-refractivity contribution in [2.75, 3.05) is 13.1 Å². The number of hydrogen-bond acceptors (Lipinski definition) is 3. The first-order chi connectivity index (χ1) is 8.38. The van der Waals surface area contributed by atoms with E-state index in [2.05, 4.69) is 27.1 Å². The van der Waals surface area contributed by atoms with Gasteiger partial charge in [-0.05, 0) is 37.1 Å². The van der Waals surface area contributed by atoms with Crippen LogP contribution in [0.1, 0.15) is 18.4 Å². The maximum absolute atomic E-state index is 5.80. The van der Waals surface area contributed by atoms with E-state index in [1.165, 1.54) is 23.8 Å². The fourth-order valence-electron chi connectivity index (χ4n) is 2.73. The van der Waals surface area contributed by atoms with Crippen LogP contribution in [-0.2, 0) is 6.54 Å². The van der Waals surface area contributed by atoms with Crippen molar-refractivity contribution in [2.24, 2.45) is 5.73 Å². The maximum atomic E-state index is 5.80. The third-order valence-electron chi connectivity index (χ3n) is 3.68. The van der Waals surface area contributed by atoms with Crippen molar-refractivity contribution in [3.05, 3.63) is 30.1 Å². The normalized spacial score (nSPS) is 21.4. The average molecular weight is 230 g/mol. The first-order valence-corrected chi connectivity index (χ1v) is 6.23. The van der Waals surface area contributed by atoms with E-state index in [-0.39, 0.29) is 0 Å². The first kappa shape index (κ1) is 10.7. The molecule has 3 heterocycles. The zero-order valence-electron chi connectivity index (χ0n) is 9.89. The highest BCUT2D eigenvalue weighted by molar-refractivity contribution is 5.79. The number of nitrogens with two attached hydrogens (primary N) is 1. The number of nitrogens with zero attached hydrogens (tertiary/aromatic N) is 2. The molecule has 0 saturated carbocycles. The zero-order chi connectivity index (χ0) is 11.7. The van der Waals surface area contributed by atoms with Gasteiger partial charge in [-0.1, -0.05) is 0 Å². The predicted molar refractivity (Wildman–Crippen MR) is 68.6 cm³/mol. The van der Waals surface area contributed by atoms with Crippen molar-refractivity contribution in [3.63, 3.8) is 0 Å². The highest BCUT2D eigenvalue weighted by atomic mass is 15.2. The van der Waals surface area contributed by atoms with E-state index in [1.807, 2.05) is 12.3 Å². The topological polar surface area (TPSA) is 57.9 Å². The molecule has 2 aromatic heterocycles. The van der Waals surface area contributed by atoms with E-state index in [0.29, 0.717) is 6.04 Å². The molecule has 90 valence electrons. The molecular weight excluding hydrogens is 212 g/mol. The lowest BCUT2D eigenvalue weighted by Crippen LogP contribution is -2.34. The van der Waals surface area contributed by atoms with Gasteiger partial charge in [0.2, 0.25) is 0 Å². The Morgan fingerprint density at radius 2 is 2.47 bits per heavy atom. The lowest BCUT2D eigenvalue weighted by atomic mass is 10.2. The Morgan fingerprint density at radius 3 is 3.35 bits per heavy atom. The van der Waals surface area contributed by atoms with Gasteiger partial charge in [0.15, 0.2) is 0 Å². The summed E-state index contributed by atoms with van der Waals surface area (Å²) in [5.74, 6) is 0. The molecule has 0 bridgehead atoms. The predicted octanol–water partition coefficient (Wildman–Crippen LogP) is 1.49. The fraction of sp³-hybridized carbons (Fsp3) is 0.462. The zero-order valence-corrected chi connectivity index (χ0v) is 9.89. The molecule has 0 spiro atoms. The van der Waals surface area contributed by atoms with Crippen molar-refractivity contribution >= 4 is 11.0 Å². The largest absolute Gasteiger partial charge is 0.346 e.